The van der Waals surface area contributed by atoms with Gasteiger partial charge in [-0.15, -0.1) is 0 Å². The highest BCUT2D eigenvalue weighted by molar-refractivity contribution is 5.95. The summed E-state index contributed by atoms with van der Waals surface area (Å²) in [7, 11) is 2.04. The van der Waals surface area contributed by atoms with Crippen LogP contribution in [0.1, 0.15) is 28.4 Å². The molecular weight excluding hydrogens is 342 g/mol. The maximum absolute atomic E-state index is 11.4. The SMILES string of the molecule is Cn1ccnc1CC1CCN(Cc2ccc(-c3ccccc3C(=O)O)o2)C1. The monoisotopic (exact) mass is 365 g/mol. The molecule has 1 aliphatic rings. The van der Waals surface area contributed by atoms with E-state index in [1.807, 2.05) is 37.6 Å². The molecule has 0 spiro atoms. The van der Waals surface area contributed by atoms with Gasteiger partial charge < -0.3 is 14.1 Å². The number of hydrogen-bond acceptors (Lipinski definition) is 4. The number of carboxylic acid groups (broad SMARTS) is 1. The van der Waals surface area contributed by atoms with Crippen molar-refractivity contribution >= 4 is 5.97 Å². The summed E-state index contributed by atoms with van der Waals surface area (Å²) in [5, 5.41) is 9.36. The number of aromatic carboxylic acids is 1. The van der Waals surface area contributed by atoms with Crippen LogP contribution >= 0.6 is 0 Å². The number of benzene rings is 1. The molecule has 6 nitrogen and oxygen atoms in total. The molecule has 1 atom stereocenters. The van der Waals surface area contributed by atoms with Gasteiger partial charge in [-0.1, -0.05) is 18.2 Å². The number of carboxylic acids is 1. The second kappa shape index (κ2) is 7.40. The van der Waals surface area contributed by atoms with Crippen molar-refractivity contribution in [2.75, 3.05) is 13.1 Å². The van der Waals surface area contributed by atoms with Gasteiger partial charge in [0.05, 0.1) is 12.1 Å². The number of imidazole rings is 1. The molecule has 1 aliphatic heterocycles. The first-order valence-corrected chi connectivity index (χ1v) is 9.20. The van der Waals surface area contributed by atoms with E-state index in [-0.39, 0.29) is 5.56 Å². The van der Waals surface area contributed by atoms with Crippen molar-refractivity contribution in [3.63, 3.8) is 0 Å². The summed E-state index contributed by atoms with van der Waals surface area (Å²) in [6.07, 6.45) is 5.99. The third-order valence-corrected chi connectivity index (χ3v) is 5.23. The summed E-state index contributed by atoms with van der Waals surface area (Å²) >= 11 is 0. The summed E-state index contributed by atoms with van der Waals surface area (Å²) in [6, 6.07) is 10.7. The lowest BCUT2D eigenvalue weighted by atomic mass is 10.0. The molecule has 1 saturated heterocycles. The van der Waals surface area contributed by atoms with Crippen molar-refractivity contribution in [1.29, 1.82) is 0 Å². The van der Waals surface area contributed by atoms with Gasteiger partial charge in [-0.3, -0.25) is 4.90 Å². The topological polar surface area (TPSA) is 71.5 Å². The zero-order valence-corrected chi connectivity index (χ0v) is 15.3. The normalized spacial score (nSPS) is 17.4. The third-order valence-electron chi connectivity index (χ3n) is 5.23. The first-order chi connectivity index (χ1) is 13.1. The van der Waals surface area contributed by atoms with E-state index in [1.54, 1.807) is 18.2 Å². The van der Waals surface area contributed by atoms with Crippen LogP contribution in [0.2, 0.25) is 0 Å². The predicted molar refractivity (Wildman–Crippen MR) is 101 cm³/mol. The van der Waals surface area contributed by atoms with Gasteiger partial charge in [0.1, 0.15) is 17.3 Å². The molecule has 0 saturated carbocycles. The van der Waals surface area contributed by atoms with E-state index in [0.29, 0.717) is 17.2 Å². The van der Waals surface area contributed by atoms with Crippen LogP contribution in [-0.2, 0) is 20.0 Å². The minimum Gasteiger partial charge on any atom is -0.478 e. The molecule has 140 valence electrons. The van der Waals surface area contributed by atoms with Crippen molar-refractivity contribution in [1.82, 2.24) is 14.5 Å². The van der Waals surface area contributed by atoms with Gasteiger partial charge in [0.2, 0.25) is 0 Å². The van der Waals surface area contributed by atoms with Crippen molar-refractivity contribution in [3.05, 3.63) is 65.9 Å². The molecule has 4 rings (SSSR count). The molecule has 3 aromatic rings. The third kappa shape index (κ3) is 3.80. The molecule has 1 N–H and O–H groups in total. The van der Waals surface area contributed by atoms with Gasteiger partial charge >= 0.3 is 5.97 Å². The van der Waals surface area contributed by atoms with Gasteiger partial charge in [-0.05, 0) is 37.1 Å². The van der Waals surface area contributed by atoms with Crippen LogP contribution < -0.4 is 0 Å². The Labute approximate surface area is 158 Å². The molecule has 27 heavy (non-hydrogen) atoms. The molecule has 0 bridgehead atoms. The second-order valence-corrected chi connectivity index (χ2v) is 7.17. The Morgan fingerprint density at radius 1 is 1.30 bits per heavy atom. The average Bonchev–Trinajstić information content (AvgIpc) is 3.39. The van der Waals surface area contributed by atoms with Crippen molar-refractivity contribution in [2.45, 2.75) is 19.4 Å². The predicted octanol–water partition coefficient (Wildman–Crippen LogP) is 3.44. The van der Waals surface area contributed by atoms with E-state index >= 15 is 0 Å². The first kappa shape index (κ1) is 17.5. The highest BCUT2D eigenvalue weighted by atomic mass is 16.4. The van der Waals surface area contributed by atoms with Crippen LogP contribution in [0, 0.1) is 5.92 Å². The summed E-state index contributed by atoms with van der Waals surface area (Å²) in [5.74, 6) is 2.26. The quantitative estimate of drug-likeness (QED) is 0.724. The Bertz CT molecular complexity index is 944. The molecule has 0 aliphatic carbocycles. The number of rotatable bonds is 6. The smallest absolute Gasteiger partial charge is 0.336 e. The van der Waals surface area contributed by atoms with Gasteiger partial charge in [0.25, 0.3) is 0 Å². The summed E-state index contributed by atoms with van der Waals surface area (Å²) in [6.45, 7) is 2.80. The number of nitrogens with zero attached hydrogens (tertiary/aromatic N) is 3. The van der Waals surface area contributed by atoms with Crippen LogP contribution in [0.15, 0.2) is 53.2 Å². The summed E-state index contributed by atoms with van der Waals surface area (Å²) in [4.78, 5) is 18.2. The maximum Gasteiger partial charge on any atom is 0.336 e. The van der Waals surface area contributed by atoms with E-state index < -0.39 is 5.97 Å². The number of hydrogen-bond donors (Lipinski definition) is 1. The number of furan rings is 1. The Morgan fingerprint density at radius 3 is 2.93 bits per heavy atom. The zero-order chi connectivity index (χ0) is 18.8. The highest BCUT2D eigenvalue weighted by Crippen LogP contribution is 2.28. The lowest BCUT2D eigenvalue weighted by molar-refractivity contribution is 0.0697. The minimum atomic E-state index is -0.944. The lowest BCUT2D eigenvalue weighted by Crippen LogP contribution is -2.20. The first-order valence-electron chi connectivity index (χ1n) is 9.20. The number of carbonyl (C=O) groups is 1. The fourth-order valence-corrected chi connectivity index (χ4v) is 3.79. The van der Waals surface area contributed by atoms with Gasteiger partial charge in [0.15, 0.2) is 0 Å². The maximum atomic E-state index is 11.4. The van der Waals surface area contributed by atoms with E-state index in [1.165, 1.54) is 0 Å². The fraction of sp³-hybridized carbons (Fsp3) is 0.333. The van der Waals surface area contributed by atoms with Crippen LogP contribution in [0.5, 0.6) is 0 Å². The largest absolute Gasteiger partial charge is 0.478 e. The summed E-state index contributed by atoms with van der Waals surface area (Å²) in [5.41, 5.74) is 0.875. The van der Waals surface area contributed by atoms with Crippen LogP contribution in [0.3, 0.4) is 0 Å². The minimum absolute atomic E-state index is 0.259. The second-order valence-electron chi connectivity index (χ2n) is 7.17. The fourth-order valence-electron chi connectivity index (χ4n) is 3.79. The number of likely N-dealkylation sites (tertiary alicyclic amines) is 1. The Balaban J connectivity index is 1.40. The number of aryl methyl sites for hydroxylation is 1. The molecule has 1 aromatic carbocycles. The number of aromatic nitrogens is 2. The molecule has 3 heterocycles. The van der Waals surface area contributed by atoms with E-state index in [0.717, 1.165) is 44.1 Å². The molecule has 2 aromatic heterocycles. The summed E-state index contributed by atoms with van der Waals surface area (Å²) < 4.78 is 8.05. The Morgan fingerprint density at radius 2 is 2.15 bits per heavy atom. The van der Waals surface area contributed by atoms with Gasteiger partial charge in [-0.25, -0.2) is 9.78 Å². The van der Waals surface area contributed by atoms with E-state index in [2.05, 4.69) is 14.5 Å². The van der Waals surface area contributed by atoms with Gasteiger partial charge in [0, 0.05) is 38.0 Å². The van der Waals surface area contributed by atoms with Crippen molar-refractivity contribution in [3.8, 4) is 11.3 Å². The Hall–Kier alpha value is -2.86. The zero-order valence-electron chi connectivity index (χ0n) is 15.3. The Kier molecular flexibility index (Phi) is 4.81. The average molecular weight is 365 g/mol. The molecule has 1 unspecified atom stereocenters. The molecule has 0 amide bonds. The van der Waals surface area contributed by atoms with Crippen molar-refractivity contribution < 1.29 is 14.3 Å². The molecule has 6 heteroatoms. The lowest BCUT2D eigenvalue weighted by Gasteiger charge is -2.14. The van der Waals surface area contributed by atoms with Crippen LogP contribution in [0.4, 0.5) is 0 Å². The van der Waals surface area contributed by atoms with Crippen molar-refractivity contribution in [2.24, 2.45) is 13.0 Å². The van der Waals surface area contributed by atoms with Crippen LogP contribution in [-0.4, -0.2) is 38.6 Å². The molecule has 0 radical (unpaired) electrons. The van der Waals surface area contributed by atoms with E-state index in [9.17, 15) is 9.90 Å². The standard InChI is InChI=1S/C21H23N3O3/c1-23-11-9-22-20(23)12-15-8-10-24(13-15)14-16-6-7-19(27-16)17-4-2-3-5-18(17)21(25)26/h2-7,9,11,15H,8,10,12-14H2,1H3,(H,25,26). The van der Waals surface area contributed by atoms with Gasteiger partial charge in [-0.2, -0.15) is 0 Å². The van der Waals surface area contributed by atoms with E-state index in [4.69, 9.17) is 4.42 Å². The highest BCUT2D eigenvalue weighted by Gasteiger charge is 2.25. The molecule has 1 fully saturated rings. The van der Waals surface area contributed by atoms with Crippen LogP contribution in [0.25, 0.3) is 11.3 Å². The molecular formula is C21H23N3O3.